The molecule has 1 aliphatic heterocycles. The van der Waals surface area contributed by atoms with Crippen LogP contribution in [0.1, 0.15) is 19.8 Å². The van der Waals surface area contributed by atoms with Crippen LogP contribution in [0.3, 0.4) is 0 Å². The van der Waals surface area contributed by atoms with Crippen molar-refractivity contribution in [3.05, 3.63) is 6.07 Å². The molecule has 1 fully saturated rings. The lowest BCUT2D eigenvalue weighted by molar-refractivity contribution is 0.198. The molecule has 112 valence electrons. The maximum Gasteiger partial charge on any atom is 0.191 e. The molecule has 1 aromatic rings. The molecular formula is C13H24N6S. The Balaban J connectivity index is 1.87. The fourth-order valence-electron chi connectivity index (χ4n) is 2.44. The van der Waals surface area contributed by atoms with Gasteiger partial charge in [0.2, 0.25) is 0 Å². The maximum absolute atomic E-state index is 5.43. The molecule has 2 heterocycles. The van der Waals surface area contributed by atoms with E-state index in [9.17, 15) is 0 Å². The zero-order chi connectivity index (χ0) is 14.4. The third-order valence-corrected chi connectivity index (χ3v) is 4.31. The minimum absolute atomic E-state index is 0.646. The number of nitrogens with zero attached hydrogens (tertiary/aromatic N) is 3. The van der Waals surface area contributed by atoms with Gasteiger partial charge in [0.15, 0.2) is 5.16 Å². The highest BCUT2D eigenvalue weighted by Gasteiger charge is 2.17. The molecule has 0 aliphatic carbocycles. The molecule has 2 rings (SSSR count). The van der Waals surface area contributed by atoms with E-state index >= 15 is 0 Å². The average Bonchev–Trinajstić information content (AvgIpc) is 2.53. The van der Waals surface area contributed by atoms with Gasteiger partial charge in [-0.2, -0.15) is 0 Å². The standard InChI is InChI=1S/C13H24N6S/c1-3-19-6-4-10(5-7-19)9-15-11-8-12(18-14)17-13(16-11)20-2/h8,10H,3-7,9,14H2,1-2H3,(H2,15,16,17,18). The number of nitrogens with one attached hydrogen (secondary N) is 2. The monoisotopic (exact) mass is 296 g/mol. The van der Waals surface area contributed by atoms with Crippen LogP contribution in [0.25, 0.3) is 0 Å². The predicted molar refractivity (Wildman–Crippen MR) is 85.0 cm³/mol. The maximum atomic E-state index is 5.43. The minimum atomic E-state index is 0.646. The minimum Gasteiger partial charge on any atom is -0.370 e. The summed E-state index contributed by atoms with van der Waals surface area (Å²) < 4.78 is 0. The molecule has 0 bridgehead atoms. The molecule has 1 aliphatic rings. The summed E-state index contributed by atoms with van der Waals surface area (Å²) in [5.74, 6) is 7.64. The first-order valence-electron chi connectivity index (χ1n) is 7.11. The van der Waals surface area contributed by atoms with Gasteiger partial charge < -0.3 is 15.6 Å². The zero-order valence-electron chi connectivity index (χ0n) is 12.2. The van der Waals surface area contributed by atoms with Gasteiger partial charge in [-0.15, -0.1) is 0 Å². The molecule has 1 aromatic heterocycles. The Morgan fingerprint density at radius 2 is 2.05 bits per heavy atom. The van der Waals surface area contributed by atoms with Crippen LogP contribution in [0, 0.1) is 5.92 Å². The molecule has 0 radical (unpaired) electrons. The SMILES string of the molecule is CCN1CCC(CNc2cc(NN)nc(SC)n2)CC1. The van der Waals surface area contributed by atoms with Crippen LogP contribution in [0.4, 0.5) is 11.6 Å². The zero-order valence-corrected chi connectivity index (χ0v) is 13.0. The topological polar surface area (TPSA) is 79.1 Å². The quantitative estimate of drug-likeness (QED) is 0.319. The first-order chi connectivity index (χ1) is 9.75. The van der Waals surface area contributed by atoms with Gasteiger partial charge in [-0.3, -0.25) is 0 Å². The molecule has 0 atom stereocenters. The second-order valence-corrected chi connectivity index (χ2v) is 5.80. The van der Waals surface area contributed by atoms with Crippen LogP contribution in [0.15, 0.2) is 11.2 Å². The molecule has 0 unspecified atom stereocenters. The van der Waals surface area contributed by atoms with Gasteiger partial charge >= 0.3 is 0 Å². The Labute approximate surface area is 124 Å². The van der Waals surface area contributed by atoms with E-state index in [1.165, 1.54) is 37.7 Å². The van der Waals surface area contributed by atoms with Gasteiger partial charge in [0, 0.05) is 12.6 Å². The normalized spacial score (nSPS) is 17.1. The number of thioether (sulfide) groups is 1. The first kappa shape index (κ1) is 15.3. The van der Waals surface area contributed by atoms with Crippen molar-refractivity contribution >= 4 is 23.4 Å². The number of piperidine rings is 1. The average molecular weight is 296 g/mol. The molecular weight excluding hydrogens is 272 g/mol. The molecule has 4 N–H and O–H groups in total. The number of hydrogen-bond acceptors (Lipinski definition) is 7. The summed E-state index contributed by atoms with van der Waals surface area (Å²) >= 11 is 1.51. The smallest absolute Gasteiger partial charge is 0.191 e. The fourth-order valence-corrected chi connectivity index (χ4v) is 2.82. The van der Waals surface area contributed by atoms with Crippen molar-refractivity contribution in [2.45, 2.75) is 24.9 Å². The van der Waals surface area contributed by atoms with Gasteiger partial charge in [-0.25, -0.2) is 15.8 Å². The van der Waals surface area contributed by atoms with Crippen molar-refractivity contribution < 1.29 is 0 Å². The third-order valence-electron chi connectivity index (χ3n) is 3.76. The van der Waals surface area contributed by atoms with E-state index in [1.54, 1.807) is 0 Å². The highest BCUT2D eigenvalue weighted by Crippen LogP contribution is 2.20. The summed E-state index contributed by atoms with van der Waals surface area (Å²) in [6, 6.07) is 1.85. The summed E-state index contributed by atoms with van der Waals surface area (Å²) in [5.41, 5.74) is 2.58. The molecule has 0 amide bonds. The predicted octanol–water partition coefficient (Wildman–Crippen LogP) is 1.63. The van der Waals surface area contributed by atoms with Crippen molar-refractivity contribution in [1.29, 1.82) is 0 Å². The van der Waals surface area contributed by atoms with Crippen LogP contribution in [0.2, 0.25) is 0 Å². The van der Waals surface area contributed by atoms with E-state index < -0.39 is 0 Å². The van der Waals surface area contributed by atoms with Crippen molar-refractivity contribution in [2.75, 3.05) is 43.2 Å². The van der Waals surface area contributed by atoms with Crippen molar-refractivity contribution in [3.63, 3.8) is 0 Å². The van der Waals surface area contributed by atoms with Crippen molar-refractivity contribution in [3.8, 4) is 0 Å². The highest BCUT2D eigenvalue weighted by atomic mass is 32.2. The van der Waals surface area contributed by atoms with E-state index in [0.717, 1.165) is 30.0 Å². The lowest BCUT2D eigenvalue weighted by Crippen LogP contribution is -2.35. The summed E-state index contributed by atoms with van der Waals surface area (Å²) in [7, 11) is 0. The summed E-state index contributed by atoms with van der Waals surface area (Å²) in [6.07, 6.45) is 4.46. The molecule has 7 heteroatoms. The van der Waals surface area contributed by atoms with Gasteiger partial charge in [-0.1, -0.05) is 18.7 Å². The summed E-state index contributed by atoms with van der Waals surface area (Å²) in [4.78, 5) is 11.2. The van der Waals surface area contributed by atoms with E-state index in [-0.39, 0.29) is 0 Å². The Morgan fingerprint density at radius 1 is 1.35 bits per heavy atom. The Bertz CT molecular complexity index is 397. The van der Waals surface area contributed by atoms with E-state index in [4.69, 9.17) is 5.84 Å². The number of nitrogens with two attached hydrogens (primary N) is 1. The van der Waals surface area contributed by atoms with Crippen LogP contribution in [-0.4, -0.2) is 47.3 Å². The third kappa shape index (κ3) is 4.22. The number of anilines is 2. The second-order valence-electron chi connectivity index (χ2n) is 5.03. The van der Waals surface area contributed by atoms with Gasteiger partial charge in [0.1, 0.15) is 11.6 Å². The Kier molecular flexibility index (Phi) is 5.87. The van der Waals surface area contributed by atoms with E-state index in [1.807, 2.05) is 12.3 Å². The number of likely N-dealkylation sites (tertiary alicyclic amines) is 1. The van der Waals surface area contributed by atoms with E-state index in [2.05, 4.69) is 32.5 Å². The summed E-state index contributed by atoms with van der Waals surface area (Å²) in [5, 5.41) is 4.14. The number of aromatic nitrogens is 2. The largest absolute Gasteiger partial charge is 0.370 e. The van der Waals surface area contributed by atoms with Crippen molar-refractivity contribution in [1.82, 2.24) is 14.9 Å². The molecule has 0 spiro atoms. The van der Waals surface area contributed by atoms with Crippen LogP contribution >= 0.6 is 11.8 Å². The highest BCUT2D eigenvalue weighted by molar-refractivity contribution is 7.98. The lowest BCUT2D eigenvalue weighted by atomic mass is 9.97. The van der Waals surface area contributed by atoms with E-state index in [0.29, 0.717) is 5.82 Å². The van der Waals surface area contributed by atoms with Crippen molar-refractivity contribution in [2.24, 2.45) is 11.8 Å². The lowest BCUT2D eigenvalue weighted by Gasteiger charge is -2.31. The van der Waals surface area contributed by atoms with Gasteiger partial charge in [0.05, 0.1) is 0 Å². The van der Waals surface area contributed by atoms with Gasteiger partial charge in [0.25, 0.3) is 0 Å². The van der Waals surface area contributed by atoms with Crippen LogP contribution in [0.5, 0.6) is 0 Å². The second kappa shape index (κ2) is 7.66. The molecule has 6 nitrogen and oxygen atoms in total. The summed E-state index contributed by atoms with van der Waals surface area (Å²) in [6.45, 7) is 6.77. The molecule has 20 heavy (non-hydrogen) atoms. The number of hydrazine groups is 1. The number of nitrogen functional groups attached to an aromatic ring is 1. The number of hydrogen-bond donors (Lipinski definition) is 3. The Morgan fingerprint density at radius 3 is 2.65 bits per heavy atom. The number of rotatable bonds is 6. The van der Waals surface area contributed by atoms with Gasteiger partial charge in [-0.05, 0) is 44.6 Å². The van der Waals surface area contributed by atoms with Crippen LogP contribution in [-0.2, 0) is 0 Å². The fraction of sp³-hybridized carbons (Fsp3) is 0.692. The molecule has 1 saturated heterocycles. The molecule has 0 saturated carbocycles. The Hall–Kier alpha value is -1.05. The first-order valence-corrected chi connectivity index (χ1v) is 8.33. The molecule has 0 aromatic carbocycles. The van der Waals surface area contributed by atoms with Crippen LogP contribution < -0.4 is 16.6 Å².